The molecule has 3 heteroatoms. The van der Waals surface area contributed by atoms with Crippen LogP contribution in [0.3, 0.4) is 0 Å². The molecule has 1 N–H and O–H groups in total. The lowest BCUT2D eigenvalue weighted by molar-refractivity contribution is 0.243. The number of hydrogen-bond donors (Lipinski definition) is 1. The Kier molecular flexibility index (Phi) is 5.64. The van der Waals surface area contributed by atoms with E-state index >= 15 is 0 Å². The van der Waals surface area contributed by atoms with Gasteiger partial charge in [-0.1, -0.05) is 43.3 Å². The molecule has 0 heterocycles. The molecule has 0 saturated heterocycles. The van der Waals surface area contributed by atoms with Gasteiger partial charge in [0.1, 0.15) is 6.61 Å². The fourth-order valence-corrected chi connectivity index (χ4v) is 2.15. The molecule has 0 aliphatic heterocycles. The fraction of sp³-hybridized carbons (Fsp3) is 0.333. The number of hydrogen-bond acceptors (Lipinski definition) is 3. The maximum atomic E-state index is 9.44. The molecule has 0 amide bonds. The topological polar surface area (TPSA) is 38.7 Å². The highest BCUT2D eigenvalue weighted by Crippen LogP contribution is 2.32. The molecular weight excluding hydrogens is 264 g/mol. The summed E-state index contributed by atoms with van der Waals surface area (Å²) in [4.78, 5) is 0. The van der Waals surface area contributed by atoms with Gasteiger partial charge in [-0.15, -0.1) is 0 Å². The van der Waals surface area contributed by atoms with Crippen LogP contribution in [0.25, 0.3) is 0 Å². The van der Waals surface area contributed by atoms with Gasteiger partial charge in [-0.2, -0.15) is 0 Å². The fourth-order valence-electron chi connectivity index (χ4n) is 2.15. The molecule has 112 valence electrons. The molecule has 2 aromatic rings. The van der Waals surface area contributed by atoms with Crippen LogP contribution in [0.15, 0.2) is 42.5 Å². The SMILES string of the molecule is CCOc1cccc(CO)c1OCc1ccc(CC)cc1. The Morgan fingerprint density at radius 3 is 2.24 bits per heavy atom. The van der Waals surface area contributed by atoms with Crippen molar-refractivity contribution in [3.8, 4) is 11.5 Å². The molecule has 0 saturated carbocycles. The minimum atomic E-state index is -0.0645. The molecule has 0 aliphatic rings. The smallest absolute Gasteiger partial charge is 0.167 e. The third-order valence-electron chi connectivity index (χ3n) is 3.35. The first kappa shape index (κ1) is 15.4. The number of ether oxygens (including phenoxy) is 2. The average Bonchev–Trinajstić information content (AvgIpc) is 2.54. The van der Waals surface area contributed by atoms with Gasteiger partial charge in [0.05, 0.1) is 13.2 Å². The molecule has 2 aromatic carbocycles. The van der Waals surface area contributed by atoms with Gasteiger partial charge in [-0.3, -0.25) is 0 Å². The molecule has 0 bridgehead atoms. The summed E-state index contributed by atoms with van der Waals surface area (Å²) in [5.41, 5.74) is 3.15. The molecule has 0 fully saturated rings. The van der Waals surface area contributed by atoms with Crippen molar-refractivity contribution in [3.05, 3.63) is 59.2 Å². The van der Waals surface area contributed by atoms with E-state index in [9.17, 15) is 5.11 Å². The molecule has 2 rings (SSSR count). The molecule has 0 atom stereocenters. The van der Waals surface area contributed by atoms with Gasteiger partial charge < -0.3 is 14.6 Å². The highest BCUT2D eigenvalue weighted by Gasteiger charge is 2.10. The Balaban J connectivity index is 2.13. The second-order valence-corrected chi connectivity index (χ2v) is 4.79. The number of aryl methyl sites for hydroxylation is 1. The first-order valence-electron chi connectivity index (χ1n) is 7.34. The van der Waals surface area contributed by atoms with E-state index in [1.807, 2.05) is 25.1 Å². The summed E-state index contributed by atoms with van der Waals surface area (Å²) in [5, 5.41) is 9.44. The van der Waals surface area contributed by atoms with Crippen molar-refractivity contribution >= 4 is 0 Å². The standard InChI is InChI=1S/C18H22O3/c1-3-14-8-10-15(11-9-14)13-21-18-16(12-19)6-5-7-17(18)20-4-2/h5-11,19H,3-4,12-13H2,1-2H3. The third-order valence-corrected chi connectivity index (χ3v) is 3.35. The quantitative estimate of drug-likeness (QED) is 0.843. The van der Waals surface area contributed by atoms with Crippen LogP contribution < -0.4 is 9.47 Å². The van der Waals surface area contributed by atoms with Crippen LogP contribution in [-0.2, 0) is 19.6 Å². The predicted molar refractivity (Wildman–Crippen MR) is 83.7 cm³/mol. The largest absolute Gasteiger partial charge is 0.490 e. The normalized spacial score (nSPS) is 10.4. The molecule has 0 radical (unpaired) electrons. The van der Waals surface area contributed by atoms with Gasteiger partial charge in [-0.05, 0) is 30.5 Å². The molecule has 0 spiro atoms. The first-order valence-corrected chi connectivity index (χ1v) is 7.34. The van der Waals surface area contributed by atoms with E-state index in [1.54, 1.807) is 0 Å². The Bertz CT molecular complexity index is 561. The van der Waals surface area contributed by atoms with Gasteiger partial charge in [0.15, 0.2) is 11.5 Å². The van der Waals surface area contributed by atoms with Crippen molar-refractivity contribution in [1.29, 1.82) is 0 Å². The zero-order valence-corrected chi connectivity index (χ0v) is 12.6. The maximum Gasteiger partial charge on any atom is 0.167 e. The van der Waals surface area contributed by atoms with Crippen molar-refractivity contribution in [2.24, 2.45) is 0 Å². The molecule has 0 aliphatic carbocycles. The van der Waals surface area contributed by atoms with E-state index in [2.05, 4.69) is 31.2 Å². The van der Waals surface area contributed by atoms with Crippen molar-refractivity contribution in [1.82, 2.24) is 0 Å². The second kappa shape index (κ2) is 7.70. The van der Waals surface area contributed by atoms with Crippen LogP contribution in [0.1, 0.15) is 30.5 Å². The Hall–Kier alpha value is -2.00. The van der Waals surface area contributed by atoms with E-state index in [0.717, 1.165) is 17.5 Å². The molecule has 0 unspecified atom stereocenters. The van der Waals surface area contributed by atoms with Crippen LogP contribution >= 0.6 is 0 Å². The lowest BCUT2D eigenvalue weighted by Gasteiger charge is -2.15. The van der Waals surface area contributed by atoms with Gasteiger partial charge >= 0.3 is 0 Å². The maximum absolute atomic E-state index is 9.44. The highest BCUT2D eigenvalue weighted by molar-refractivity contribution is 5.46. The predicted octanol–water partition coefficient (Wildman–Crippen LogP) is 3.72. The van der Waals surface area contributed by atoms with E-state index < -0.39 is 0 Å². The minimum absolute atomic E-state index is 0.0645. The van der Waals surface area contributed by atoms with Crippen LogP contribution in [0, 0.1) is 0 Å². The number of para-hydroxylation sites is 1. The first-order chi connectivity index (χ1) is 10.3. The summed E-state index contributed by atoms with van der Waals surface area (Å²) in [5.74, 6) is 1.30. The summed E-state index contributed by atoms with van der Waals surface area (Å²) in [6.45, 7) is 5.03. The zero-order chi connectivity index (χ0) is 15.1. The van der Waals surface area contributed by atoms with Gasteiger partial charge in [0.25, 0.3) is 0 Å². The van der Waals surface area contributed by atoms with Gasteiger partial charge in [-0.25, -0.2) is 0 Å². The number of rotatable bonds is 7. The Labute approximate surface area is 126 Å². The number of aliphatic hydroxyl groups is 1. The molecular formula is C18H22O3. The molecule has 3 nitrogen and oxygen atoms in total. The number of aliphatic hydroxyl groups excluding tert-OH is 1. The summed E-state index contributed by atoms with van der Waals surface area (Å²) in [7, 11) is 0. The van der Waals surface area contributed by atoms with E-state index in [0.29, 0.717) is 24.7 Å². The molecule has 21 heavy (non-hydrogen) atoms. The highest BCUT2D eigenvalue weighted by atomic mass is 16.5. The third kappa shape index (κ3) is 3.99. The Morgan fingerprint density at radius 1 is 0.905 bits per heavy atom. The summed E-state index contributed by atoms with van der Waals surface area (Å²) in [6, 6.07) is 13.9. The van der Waals surface area contributed by atoms with Gasteiger partial charge in [0.2, 0.25) is 0 Å². The summed E-state index contributed by atoms with van der Waals surface area (Å²) in [6.07, 6.45) is 1.03. The minimum Gasteiger partial charge on any atom is -0.490 e. The summed E-state index contributed by atoms with van der Waals surface area (Å²) >= 11 is 0. The van der Waals surface area contributed by atoms with Crippen LogP contribution in [0.4, 0.5) is 0 Å². The monoisotopic (exact) mass is 286 g/mol. The molecule has 0 aromatic heterocycles. The average molecular weight is 286 g/mol. The summed E-state index contributed by atoms with van der Waals surface area (Å²) < 4.78 is 11.5. The second-order valence-electron chi connectivity index (χ2n) is 4.79. The van der Waals surface area contributed by atoms with Crippen molar-refractivity contribution < 1.29 is 14.6 Å². The Morgan fingerprint density at radius 2 is 1.62 bits per heavy atom. The lowest BCUT2D eigenvalue weighted by atomic mass is 10.1. The zero-order valence-electron chi connectivity index (χ0n) is 12.6. The van der Waals surface area contributed by atoms with E-state index in [4.69, 9.17) is 9.47 Å². The van der Waals surface area contributed by atoms with Crippen molar-refractivity contribution in [2.75, 3.05) is 6.61 Å². The van der Waals surface area contributed by atoms with Crippen molar-refractivity contribution in [3.63, 3.8) is 0 Å². The van der Waals surface area contributed by atoms with E-state index in [-0.39, 0.29) is 6.61 Å². The van der Waals surface area contributed by atoms with Crippen molar-refractivity contribution in [2.45, 2.75) is 33.5 Å². The van der Waals surface area contributed by atoms with E-state index in [1.165, 1.54) is 5.56 Å². The number of benzene rings is 2. The van der Waals surface area contributed by atoms with Crippen LogP contribution in [-0.4, -0.2) is 11.7 Å². The van der Waals surface area contributed by atoms with Gasteiger partial charge in [0, 0.05) is 5.56 Å². The van der Waals surface area contributed by atoms with Crippen LogP contribution in [0.2, 0.25) is 0 Å². The lowest BCUT2D eigenvalue weighted by Crippen LogP contribution is -2.02. The van der Waals surface area contributed by atoms with Crippen LogP contribution in [0.5, 0.6) is 11.5 Å².